The van der Waals surface area contributed by atoms with Gasteiger partial charge in [-0.3, -0.25) is 9.89 Å². The molecule has 0 spiro atoms. The standard InChI is InChI=1S/C21H15F3N4OS/c22-21(23,24)18-11-30-19(27-18)14-3-1-13(2-4-14)17-10-26-20(29)28(17)15-6-5-12-7-8-25-16(12)9-15/h1-6,8-9,11,17H,7,10H2,(H,26,29). The molecule has 1 N–H and O–H groups in total. The number of thiazole rings is 1. The number of fused-ring (bicyclic) bond motifs is 1. The van der Waals surface area contributed by atoms with Crippen molar-refractivity contribution in [2.75, 3.05) is 11.4 Å². The molecule has 9 heteroatoms. The van der Waals surface area contributed by atoms with Crippen molar-refractivity contribution < 1.29 is 18.0 Å². The normalized spacial score (nSPS) is 18.0. The number of urea groups is 1. The Morgan fingerprint density at radius 3 is 2.67 bits per heavy atom. The number of halogens is 3. The van der Waals surface area contributed by atoms with Crippen LogP contribution in [-0.4, -0.2) is 23.8 Å². The third kappa shape index (κ3) is 3.24. The molecule has 3 aromatic rings. The van der Waals surface area contributed by atoms with Crippen molar-refractivity contribution in [3.05, 3.63) is 64.7 Å². The lowest BCUT2D eigenvalue weighted by atomic mass is 10.0. The van der Waals surface area contributed by atoms with Gasteiger partial charge in [-0.25, -0.2) is 9.78 Å². The summed E-state index contributed by atoms with van der Waals surface area (Å²) in [6.07, 6.45) is -1.82. The molecule has 2 amide bonds. The highest BCUT2D eigenvalue weighted by atomic mass is 32.1. The van der Waals surface area contributed by atoms with Crippen LogP contribution < -0.4 is 10.2 Å². The zero-order valence-electron chi connectivity index (χ0n) is 15.5. The van der Waals surface area contributed by atoms with Gasteiger partial charge in [-0.2, -0.15) is 13.2 Å². The van der Waals surface area contributed by atoms with Gasteiger partial charge in [-0.15, -0.1) is 11.3 Å². The molecule has 1 fully saturated rings. The van der Waals surface area contributed by atoms with Crippen LogP contribution in [0.25, 0.3) is 10.6 Å². The number of carbonyl (C=O) groups is 1. The van der Waals surface area contributed by atoms with Crippen LogP contribution in [0, 0.1) is 0 Å². The van der Waals surface area contributed by atoms with Gasteiger partial charge in [-0.05, 0) is 23.3 Å². The molecule has 0 saturated carbocycles. The van der Waals surface area contributed by atoms with E-state index >= 15 is 0 Å². The fraction of sp³-hybridized carbons (Fsp3) is 0.190. The van der Waals surface area contributed by atoms with E-state index in [0.717, 1.165) is 45.6 Å². The lowest BCUT2D eigenvalue weighted by Crippen LogP contribution is -2.29. The number of alkyl halides is 3. The average molecular weight is 428 g/mol. The van der Waals surface area contributed by atoms with Crippen LogP contribution >= 0.6 is 11.3 Å². The number of amides is 2. The Labute approximate surface area is 173 Å². The second kappa shape index (κ2) is 6.94. The predicted octanol–water partition coefficient (Wildman–Crippen LogP) is 5.36. The lowest BCUT2D eigenvalue weighted by Gasteiger charge is -2.24. The minimum Gasteiger partial charge on any atom is -0.335 e. The summed E-state index contributed by atoms with van der Waals surface area (Å²) in [4.78, 5) is 22.2. The second-order valence-electron chi connectivity index (χ2n) is 7.06. The van der Waals surface area contributed by atoms with E-state index in [0.29, 0.717) is 17.1 Å². The Hall–Kier alpha value is -3.20. The first-order valence-electron chi connectivity index (χ1n) is 9.26. The third-order valence-corrected chi connectivity index (χ3v) is 6.09. The zero-order valence-corrected chi connectivity index (χ0v) is 16.3. The van der Waals surface area contributed by atoms with Gasteiger partial charge in [0.05, 0.1) is 11.7 Å². The summed E-state index contributed by atoms with van der Waals surface area (Å²) in [5, 5.41) is 4.19. The summed E-state index contributed by atoms with van der Waals surface area (Å²) >= 11 is 0.955. The van der Waals surface area contributed by atoms with E-state index in [1.165, 1.54) is 0 Å². The molecular weight excluding hydrogens is 413 g/mol. The molecule has 152 valence electrons. The number of aliphatic imine (C=N–C) groups is 1. The molecule has 0 aliphatic carbocycles. The van der Waals surface area contributed by atoms with Gasteiger partial charge in [0.2, 0.25) is 0 Å². The molecular formula is C21H15F3N4OS. The number of nitrogens with one attached hydrogen (secondary N) is 1. The summed E-state index contributed by atoms with van der Waals surface area (Å²) in [7, 11) is 0. The van der Waals surface area contributed by atoms with Crippen molar-refractivity contribution in [2.45, 2.75) is 18.6 Å². The number of benzene rings is 2. The van der Waals surface area contributed by atoms with Crippen molar-refractivity contribution in [3.63, 3.8) is 0 Å². The average Bonchev–Trinajstić information content (AvgIpc) is 3.46. The highest BCUT2D eigenvalue weighted by molar-refractivity contribution is 7.13. The van der Waals surface area contributed by atoms with Gasteiger partial charge in [0.1, 0.15) is 5.01 Å². The van der Waals surface area contributed by atoms with Crippen LogP contribution in [0.4, 0.5) is 29.3 Å². The number of carbonyl (C=O) groups excluding carboxylic acids is 1. The lowest BCUT2D eigenvalue weighted by molar-refractivity contribution is -0.140. The van der Waals surface area contributed by atoms with Gasteiger partial charge in [-0.1, -0.05) is 30.3 Å². The summed E-state index contributed by atoms with van der Waals surface area (Å²) in [5.41, 5.74) is 3.35. The molecule has 1 unspecified atom stereocenters. The monoisotopic (exact) mass is 428 g/mol. The molecule has 5 nitrogen and oxygen atoms in total. The van der Waals surface area contributed by atoms with E-state index in [-0.39, 0.29) is 12.1 Å². The van der Waals surface area contributed by atoms with E-state index in [2.05, 4.69) is 15.3 Å². The fourth-order valence-corrected chi connectivity index (χ4v) is 4.52. The molecule has 3 heterocycles. The summed E-state index contributed by atoms with van der Waals surface area (Å²) < 4.78 is 38.4. The Morgan fingerprint density at radius 1 is 1.13 bits per heavy atom. The molecule has 0 radical (unpaired) electrons. The highest BCUT2D eigenvalue weighted by Crippen LogP contribution is 2.37. The first-order chi connectivity index (χ1) is 14.4. The smallest absolute Gasteiger partial charge is 0.335 e. The number of anilines is 1. The maximum atomic E-state index is 12.8. The van der Waals surface area contributed by atoms with Crippen molar-refractivity contribution in [2.24, 2.45) is 4.99 Å². The zero-order chi connectivity index (χ0) is 20.9. The molecule has 2 aliphatic heterocycles. The Kier molecular flexibility index (Phi) is 4.35. The van der Waals surface area contributed by atoms with E-state index in [4.69, 9.17) is 0 Å². The van der Waals surface area contributed by atoms with Crippen molar-refractivity contribution in [1.29, 1.82) is 0 Å². The quantitative estimate of drug-likeness (QED) is 0.611. The van der Waals surface area contributed by atoms with Gasteiger partial charge in [0.25, 0.3) is 0 Å². The maximum Gasteiger partial charge on any atom is 0.434 e. The number of nitrogens with zero attached hydrogens (tertiary/aromatic N) is 3. The van der Waals surface area contributed by atoms with Crippen molar-refractivity contribution in [3.8, 4) is 10.6 Å². The molecule has 2 aromatic carbocycles. The minimum atomic E-state index is -4.45. The molecule has 1 saturated heterocycles. The van der Waals surface area contributed by atoms with E-state index < -0.39 is 11.9 Å². The van der Waals surface area contributed by atoms with Gasteiger partial charge >= 0.3 is 12.2 Å². The van der Waals surface area contributed by atoms with Gasteiger partial charge in [0.15, 0.2) is 5.69 Å². The Bertz CT molecular complexity index is 1150. The van der Waals surface area contributed by atoms with Crippen LogP contribution in [0.5, 0.6) is 0 Å². The van der Waals surface area contributed by atoms with Crippen molar-refractivity contribution in [1.82, 2.24) is 10.3 Å². The maximum absolute atomic E-state index is 12.8. The summed E-state index contributed by atoms with van der Waals surface area (Å²) in [5.74, 6) is 0. The molecule has 30 heavy (non-hydrogen) atoms. The summed E-state index contributed by atoms with van der Waals surface area (Å²) in [6.45, 7) is 0.438. The number of aromatic nitrogens is 1. The molecule has 0 bridgehead atoms. The topological polar surface area (TPSA) is 57.6 Å². The number of rotatable bonds is 3. The Morgan fingerprint density at radius 2 is 1.93 bits per heavy atom. The largest absolute Gasteiger partial charge is 0.434 e. The fourth-order valence-electron chi connectivity index (χ4n) is 3.69. The Balaban J connectivity index is 1.42. The number of hydrogen-bond acceptors (Lipinski definition) is 4. The molecule has 5 rings (SSSR count). The van der Waals surface area contributed by atoms with E-state index in [9.17, 15) is 18.0 Å². The predicted molar refractivity (Wildman–Crippen MR) is 109 cm³/mol. The van der Waals surface area contributed by atoms with Crippen LogP contribution in [0.2, 0.25) is 0 Å². The molecule has 1 atom stereocenters. The van der Waals surface area contributed by atoms with Crippen LogP contribution in [-0.2, 0) is 12.6 Å². The van der Waals surface area contributed by atoms with Crippen LogP contribution in [0.1, 0.15) is 22.9 Å². The van der Waals surface area contributed by atoms with Crippen LogP contribution in [0.3, 0.4) is 0 Å². The first kappa shape index (κ1) is 18.8. The first-order valence-corrected chi connectivity index (χ1v) is 10.1. The summed E-state index contributed by atoms with van der Waals surface area (Å²) in [6, 6.07) is 12.5. The molecule has 1 aromatic heterocycles. The van der Waals surface area contributed by atoms with E-state index in [1.807, 2.05) is 36.5 Å². The number of hydrogen-bond donors (Lipinski definition) is 1. The SMILES string of the molecule is O=C1NCC(c2ccc(-c3nc(C(F)(F)F)cs3)cc2)N1c1ccc2c(c1)N=CC2. The van der Waals surface area contributed by atoms with Gasteiger partial charge in [0, 0.05) is 35.8 Å². The highest BCUT2D eigenvalue weighted by Gasteiger charge is 2.35. The molecule has 2 aliphatic rings. The minimum absolute atomic E-state index is 0.194. The van der Waals surface area contributed by atoms with Crippen molar-refractivity contribution >= 4 is 35.0 Å². The van der Waals surface area contributed by atoms with E-state index in [1.54, 1.807) is 17.0 Å². The second-order valence-corrected chi connectivity index (χ2v) is 7.92. The third-order valence-electron chi connectivity index (χ3n) is 5.20. The van der Waals surface area contributed by atoms with Gasteiger partial charge < -0.3 is 5.32 Å². The van der Waals surface area contributed by atoms with Crippen LogP contribution in [0.15, 0.2) is 52.8 Å².